The predicted molar refractivity (Wildman–Crippen MR) is 107 cm³/mol. The highest BCUT2D eigenvalue weighted by Crippen LogP contribution is 2.15. The number of aliphatic imine (C=N–C) groups is 1. The normalized spacial score (nSPS) is 15.1. The minimum Gasteiger partial charge on any atom is -0.459 e. The van der Waals surface area contributed by atoms with Crippen molar-refractivity contribution in [2.24, 2.45) is 4.99 Å². The molecule has 1 saturated heterocycles. The van der Waals surface area contributed by atoms with Gasteiger partial charge in [0.25, 0.3) is 5.91 Å². The molecular weight excluding hydrogens is 364 g/mol. The van der Waals surface area contributed by atoms with Gasteiger partial charge in [-0.1, -0.05) is 29.8 Å². The molecule has 0 radical (unpaired) electrons. The third-order valence-corrected chi connectivity index (χ3v) is 4.90. The van der Waals surface area contributed by atoms with Crippen molar-refractivity contribution in [2.75, 3.05) is 39.3 Å². The molecule has 144 valence electrons. The van der Waals surface area contributed by atoms with Crippen LogP contribution in [0.2, 0.25) is 5.02 Å². The second-order valence-electron chi connectivity index (χ2n) is 6.33. The van der Waals surface area contributed by atoms with Crippen LogP contribution < -0.4 is 5.32 Å². The van der Waals surface area contributed by atoms with Crippen LogP contribution in [0, 0.1) is 0 Å². The van der Waals surface area contributed by atoms with Crippen LogP contribution in [-0.4, -0.2) is 60.9 Å². The van der Waals surface area contributed by atoms with Gasteiger partial charge in [-0.3, -0.25) is 9.79 Å². The highest BCUT2D eigenvalue weighted by molar-refractivity contribution is 6.31. The van der Waals surface area contributed by atoms with Crippen molar-refractivity contribution in [1.82, 2.24) is 15.1 Å². The molecule has 0 spiro atoms. The van der Waals surface area contributed by atoms with Crippen molar-refractivity contribution in [3.63, 3.8) is 0 Å². The molecular formula is C20H25ClN4O2. The number of rotatable bonds is 5. The molecule has 0 saturated carbocycles. The van der Waals surface area contributed by atoms with Gasteiger partial charge in [-0.15, -0.1) is 0 Å². The number of guanidine groups is 1. The van der Waals surface area contributed by atoms with Gasteiger partial charge in [0, 0.05) is 44.3 Å². The maximum absolute atomic E-state index is 12.4. The van der Waals surface area contributed by atoms with E-state index in [4.69, 9.17) is 21.0 Å². The highest BCUT2D eigenvalue weighted by atomic mass is 35.5. The lowest BCUT2D eigenvalue weighted by molar-refractivity contribution is 0.0657. The van der Waals surface area contributed by atoms with E-state index in [-0.39, 0.29) is 5.91 Å². The molecule has 1 aliphatic rings. The van der Waals surface area contributed by atoms with Gasteiger partial charge in [-0.2, -0.15) is 0 Å². The van der Waals surface area contributed by atoms with Gasteiger partial charge < -0.3 is 19.5 Å². The van der Waals surface area contributed by atoms with Crippen molar-refractivity contribution in [3.05, 3.63) is 59.0 Å². The largest absolute Gasteiger partial charge is 0.459 e. The standard InChI is InChI=1S/C20H25ClN4O2/c1-2-22-20(23-10-9-16-6-3-4-7-17(16)21)25-13-11-24(12-14-25)19(26)18-8-5-15-27-18/h3-8,15H,2,9-14H2,1H3,(H,22,23). The van der Waals surface area contributed by atoms with Crippen LogP contribution in [0.1, 0.15) is 23.0 Å². The van der Waals surface area contributed by atoms with Crippen LogP contribution in [0.25, 0.3) is 0 Å². The molecule has 3 rings (SSSR count). The fourth-order valence-corrected chi connectivity index (χ4v) is 3.32. The number of carbonyl (C=O) groups excluding carboxylic acids is 1. The van der Waals surface area contributed by atoms with E-state index < -0.39 is 0 Å². The quantitative estimate of drug-likeness (QED) is 0.632. The van der Waals surface area contributed by atoms with Gasteiger partial charge in [-0.05, 0) is 37.1 Å². The van der Waals surface area contributed by atoms with E-state index in [1.54, 1.807) is 12.1 Å². The third kappa shape index (κ3) is 5.04. The lowest BCUT2D eigenvalue weighted by Gasteiger charge is -2.36. The predicted octanol–water partition coefficient (Wildman–Crippen LogP) is 2.90. The number of amides is 1. The van der Waals surface area contributed by atoms with Gasteiger partial charge in [0.15, 0.2) is 11.7 Å². The Morgan fingerprint density at radius 2 is 1.89 bits per heavy atom. The van der Waals surface area contributed by atoms with Crippen molar-refractivity contribution in [2.45, 2.75) is 13.3 Å². The second-order valence-corrected chi connectivity index (χ2v) is 6.74. The molecule has 1 aromatic carbocycles. The van der Waals surface area contributed by atoms with Crippen LogP contribution in [0.5, 0.6) is 0 Å². The van der Waals surface area contributed by atoms with Gasteiger partial charge >= 0.3 is 0 Å². The number of nitrogens with one attached hydrogen (secondary N) is 1. The molecule has 1 amide bonds. The minimum absolute atomic E-state index is 0.0553. The van der Waals surface area contributed by atoms with Crippen molar-refractivity contribution < 1.29 is 9.21 Å². The monoisotopic (exact) mass is 388 g/mol. The van der Waals surface area contributed by atoms with E-state index >= 15 is 0 Å². The summed E-state index contributed by atoms with van der Waals surface area (Å²) in [7, 11) is 0. The summed E-state index contributed by atoms with van der Waals surface area (Å²) in [6.07, 6.45) is 2.32. The average Bonchev–Trinajstić information content (AvgIpc) is 3.23. The zero-order valence-electron chi connectivity index (χ0n) is 15.5. The lowest BCUT2D eigenvalue weighted by atomic mass is 10.1. The van der Waals surface area contributed by atoms with E-state index in [2.05, 4.69) is 17.1 Å². The summed E-state index contributed by atoms with van der Waals surface area (Å²) < 4.78 is 5.21. The first-order valence-corrected chi connectivity index (χ1v) is 9.66. The van der Waals surface area contributed by atoms with Gasteiger partial charge in [0.2, 0.25) is 0 Å². The van der Waals surface area contributed by atoms with Crippen LogP contribution in [0.3, 0.4) is 0 Å². The van der Waals surface area contributed by atoms with Gasteiger partial charge in [0.1, 0.15) is 0 Å². The second kappa shape index (κ2) is 9.46. The summed E-state index contributed by atoms with van der Waals surface area (Å²) in [4.78, 5) is 21.1. The topological polar surface area (TPSA) is 61.1 Å². The van der Waals surface area contributed by atoms with Crippen LogP contribution in [0.4, 0.5) is 0 Å². The maximum Gasteiger partial charge on any atom is 0.289 e. The summed E-state index contributed by atoms with van der Waals surface area (Å²) in [5, 5.41) is 4.13. The fourth-order valence-electron chi connectivity index (χ4n) is 3.09. The Labute approximate surface area is 164 Å². The zero-order chi connectivity index (χ0) is 19.1. The molecule has 2 heterocycles. The summed E-state index contributed by atoms with van der Waals surface area (Å²) in [6, 6.07) is 11.3. The van der Waals surface area contributed by atoms with E-state index in [1.165, 1.54) is 6.26 Å². The lowest BCUT2D eigenvalue weighted by Crippen LogP contribution is -2.53. The Morgan fingerprint density at radius 1 is 1.15 bits per heavy atom. The molecule has 1 fully saturated rings. The zero-order valence-corrected chi connectivity index (χ0v) is 16.3. The van der Waals surface area contributed by atoms with E-state index in [1.807, 2.05) is 29.2 Å². The summed E-state index contributed by atoms with van der Waals surface area (Å²) in [6.45, 7) is 6.30. The number of furan rings is 1. The molecule has 7 heteroatoms. The van der Waals surface area contributed by atoms with Crippen molar-refractivity contribution in [1.29, 1.82) is 0 Å². The SMILES string of the molecule is CCNC(=NCCc1ccccc1Cl)N1CCN(C(=O)c2ccco2)CC1. The Balaban J connectivity index is 1.56. The molecule has 0 bridgehead atoms. The van der Waals surface area contributed by atoms with E-state index in [9.17, 15) is 4.79 Å². The molecule has 0 unspecified atom stereocenters. The average molecular weight is 389 g/mol. The first-order valence-electron chi connectivity index (χ1n) is 9.28. The Hall–Kier alpha value is -2.47. The highest BCUT2D eigenvalue weighted by Gasteiger charge is 2.25. The molecule has 27 heavy (non-hydrogen) atoms. The molecule has 1 N–H and O–H groups in total. The van der Waals surface area contributed by atoms with Gasteiger partial charge in [-0.25, -0.2) is 0 Å². The number of halogens is 1. The number of benzene rings is 1. The van der Waals surface area contributed by atoms with Crippen LogP contribution in [-0.2, 0) is 6.42 Å². The van der Waals surface area contributed by atoms with E-state index in [0.717, 1.165) is 42.6 Å². The fraction of sp³-hybridized carbons (Fsp3) is 0.400. The van der Waals surface area contributed by atoms with Crippen molar-refractivity contribution >= 4 is 23.5 Å². The summed E-state index contributed by atoms with van der Waals surface area (Å²) in [5.74, 6) is 1.22. The minimum atomic E-state index is -0.0553. The molecule has 1 aromatic heterocycles. The summed E-state index contributed by atoms with van der Waals surface area (Å²) >= 11 is 6.22. The van der Waals surface area contributed by atoms with Crippen LogP contribution in [0.15, 0.2) is 52.1 Å². The molecule has 6 nitrogen and oxygen atoms in total. The molecule has 0 atom stereocenters. The van der Waals surface area contributed by atoms with Gasteiger partial charge in [0.05, 0.1) is 6.26 Å². The third-order valence-electron chi connectivity index (χ3n) is 4.53. The number of hydrogen-bond acceptors (Lipinski definition) is 3. The smallest absolute Gasteiger partial charge is 0.289 e. The Kier molecular flexibility index (Phi) is 6.76. The first kappa shape index (κ1) is 19.3. The summed E-state index contributed by atoms with van der Waals surface area (Å²) in [5.41, 5.74) is 1.10. The molecule has 0 aliphatic carbocycles. The first-order chi connectivity index (χ1) is 13.2. The van der Waals surface area contributed by atoms with Crippen molar-refractivity contribution in [3.8, 4) is 0 Å². The Morgan fingerprint density at radius 3 is 2.56 bits per heavy atom. The van der Waals surface area contributed by atoms with E-state index in [0.29, 0.717) is 25.4 Å². The number of carbonyl (C=O) groups is 1. The molecule has 1 aliphatic heterocycles. The number of hydrogen-bond donors (Lipinski definition) is 1. The maximum atomic E-state index is 12.4. The number of piperazine rings is 1. The number of nitrogens with zero attached hydrogens (tertiary/aromatic N) is 3. The van der Waals surface area contributed by atoms with Crippen LogP contribution >= 0.6 is 11.6 Å². The Bertz CT molecular complexity index is 768. The molecule has 2 aromatic rings.